The van der Waals surface area contributed by atoms with Crippen LogP contribution in [0.2, 0.25) is 0 Å². The van der Waals surface area contributed by atoms with E-state index >= 15 is 0 Å². The maximum atomic E-state index is 10.8. The van der Waals surface area contributed by atoms with E-state index in [-0.39, 0.29) is 0 Å². The smallest absolute Gasteiger partial charge is 0.264 e. The number of hydrogen-bond acceptors (Lipinski definition) is 9. The predicted octanol–water partition coefficient (Wildman–Crippen LogP) is -0.772. The zero-order valence-electron chi connectivity index (χ0n) is 11.6. The Balaban J connectivity index is 5.63. The molecule has 0 aliphatic carbocycles. The number of rotatable bonds is 8. The summed E-state index contributed by atoms with van der Waals surface area (Å²) in [6.07, 6.45) is -3.83. The minimum absolute atomic E-state index is 1.23. The lowest BCUT2D eigenvalue weighted by Gasteiger charge is -2.33. The van der Waals surface area contributed by atoms with Crippen molar-refractivity contribution in [3.05, 3.63) is 0 Å². The summed E-state index contributed by atoms with van der Waals surface area (Å²) < 4.78 is 102. The van der Waals surface area contributed by atoms with Crippen molar-refractivity contribution in [3.8, 4) is 0 Å². The van der Waals surface area contributed by atoms with Gasteiger partial charge in [-0.1, -0.05) is 20.8 Å². The highest BCUT2D eigenvalue weighted by Crippen LogP contribution is 2.29. The molecule has 0 radical (unpaired) electrons. The average Bonchev–Trinajstić information content (AvgIpc) is 2.15. The summed E-state index contributed by atoms with van der Waals surface area (Å²) >= 11 is 0. The van der Waals surface area contributed by atoms with Crippen molar-refractivity contribution < 1.29 is 51.5 Å². The fourth-order valence-corrected chi connectivity index (χ4v) is 2.82. The van der Waals surface area contributed by atoms with Crippen molar-refractivity contribution in [1.29, 1.82) is 0 Å². The van der Waals surface area contributed by atoms with E-state index in [1.807, 2.05) is 0 Å². The molecule has 0 fully saturated rings. The van der Waals surface area contributed by atoms with Gasteiger partial charge in [0.2, 0.25) is 0 Å². The first-order valence-electron chi connectivity index (χ1n) is 5.34. The van der Waals surface area contributed by atoms with Gasteiger partial charge < -0.3 is 0 Å². The summed E-state index contributed by atoms with van der Waals surface area (Å²) in [5.41, 5.74) is -1.23. The van der Waals surface area contributed by atoms with Gasteiger partial charge in [-0.25, -0.2) is 12.5 Å². The predicted molar refractivity (Wildman–Crippen MR) is 69.8 cm³/mol. The third-order valence-corrected chi connectivity index (χ3v) is 3.42. The minimum atomic E-state index is -5.16. The molecule has 0 saturated heterocycles. The van der Waals surface area contributed by atoms with Crippen molar-refractivity contribution >= 4 is 31.2 Å². The molecule has 0 amide bonds. The molecule has 0 aliphatic heterocycles. The van der Waals surface area contributed by atoms with E-state index in [1.165, 1.54) is 20.8 Å². The van der Waals surface area contributed by atoms with E-state index in [0.29, 0.717) is 0 Å². The lowest BCUT2D eigenvalue weighted by molar-refractivity contribution is -0.0364. The molecular weight excluding hydrogens is 372 g/mol. The molecule has 22 heavy (non-hydrogen) atoms. The van der Waals surface area contributed by atoms with Crippen LogP contribution in [0.5, 0.6) is 0 Å². The molecule has 12 nitrogen and oxygen atoms in total. The molecule has 0 unspecified atom stereocenters. The molecule has 15 heteroatoms. The van der Waals surface area contributed by atoms with E-state index in [4.69, 9.17) is 13.7 Å². The van der Waals surface area contributed by atoms with Gasteiger partial charge in [-0.15, -0.1) is 0 Å². The highest BCUT2D eigenvalue weighted by atomic mass is 32.3. The van der Waals surface area contributed by atoms with Crippen LogP contribution in [0.4, 0.5) is 0 Å². The fourth-order valence-electron chi connectivity index (χ4n) is 1.37. The summed E-state index contributed by atoms with van der Waals surface area (Å²) in [7, 11) is -15.3. The third kappa shape index (κ3) is 10.4. The van der Waals surface area contributed by atoms with Gasteiger partial charge >= 0.3 is 31.2 Å². The Morgan fingerprint density at radius 2 is 1.23 bits per heavy atom. The molecule has 2 atom stereocenters. The van der Waals surface area contributed by atoms with Crippen LogP contribution in [0.15, 0.2) is 0 Å². The topological polar surface area (TPSA) is 191 Å². The Morgan fingerprint density at radius 3 is 1.50 bits per heavy atom. The van der Waals surface area contributed by atoms with Gasteiger partial charge in [0.15, 0.2) is 0 Å². The average molecular weight is 388 g/mol. The molecule has 0 aromatic rings. The van der Waals surface area contributed by atoms with E-state index in [0.717, 1.165) is 0 Å². The molecule has 0 saturated carbocycles. The standard InChI is InChI=1S/C7H16O12S3/c1-7(2,3)6(19-22(14,15)16)5(18-21(11,12)13)4-17-20(8,9)10/h5-6H,4H2,1-3H3,(H,8,9,10)(H,11,12,13)(H,14,15,16)/t5-,6+/m1/s1. The van der Waals surface area contributed by atoms with Crippen LogP contribution in [0.1, 0.15) is 20.8 Å². The van der Waals surface area contributed by atoms with E-state index in [2.05, 4.69) is 12.5 Å². The van der Waals surface area contributed by atoms with Crippen molar-refractivity contribution in [2.24, 2.45) is 5.41 Å². The Kier molecular flexibility index (Phi) is 6.89. The first-order valence-corrected chi connectivity index (χ1v) is 9.43. The maximum absolute atomic E-state index is 10.8. The lowest BCUT2D eigenvalue weighted by atomic mass is 9.86. The summed E-state index contributed by atoms with van der Waals surface area (Å²) in [6.45, 7) is 2.76. The van der Waals surface area contributed by atoms with Gasteiger partial charge in [0.1, 0.15) is 12.2 Å². The summed E-state index contributed by atoms with van der Waals surface area (Å²) in [5, 5.41) is 0. The second-order valence-corrected chi connectivity index (χ2v) is 8.27. The molecule has 0 aromatic carbocycles. The summed E-state index contributed by atoms with van der Waals surface area (Å²) in [5.74, 6) is 0. The van der Waals surface area contributed by atoms with E-state index in [9.17, 15) is 25.3 Å². The molecule has 0 aromatic heterocycles. The van der Waals surface area contributed by atoms with E-state index in [1.54, 1.807) is 0 Å². The molecule has 0 aliphatic rings. The molecule has 0 rings (SSSR count). The SMILES string of the molecule is CC(C)(C)[C@@H](OS(=O)(=O)O)[C@@H](COS(=O)(=O)O)OS(=O)(=O)O. The van der Waals surface area contributed by atoms with E-state index < -0.39 is 55.4 Å². The first-order chi connectivity index (χ1) is 9.41. The zero-order chi connectivity index (χ0) is 18.0. The molecule has 0 heterocycles. The van der Waals surface area contributed by atoms with Crippen LogP contribution in [0.3, 0.4) is 0 Å². The van der Waals surface area contributed by atoms with Gasteiger partial charge in [-0.3, -0.25) is 13.7 Å². The quantitative estimate of drug-likeness (QED) is 0.440. The Bertz CT molecular complexity index is 667. The Morgan fingerprint density at radius 1 is 0.818 bits per heavy atom. The summed E-state index contributed by atoms with van der Waals surface area (Å²) in [4.78, 5) is 0. The van der Waals surface area contributed by atoms with Crippen LogP contribution >= 0.6 is 0 Å². The highest BCUT2D eigenvalue weighted by Gasteiger charge is 2.40. The molecular formula is C7H16O12S3. The lowest BCUT2D eigenvalue weighted by Crippen LogP contribution is -2.46. The van der Waals surface area contributed by atoms with Gasteiger partial charge in [-0.2, -0.15) is 25.3 Å². The molecule has 0 bridgehead atoms. The van der Waals surface area contributed by atoms with Gasteiger partial charge in [-0.05, 0) is 5.41 Å². The van der Waals surface area contributed by atoms with Crippen LogP contribution in [0, 0.1) is 5.41 Å². The molecule has 3 N–H and O–H groups in total. The Hall–Kier alpha value is -0.390. The van der Waals surface area contributed by atoms with Gasteiger partial charge in [0.05, 0.1) is 6.61 Å². The van der Waals surface area contributed by atoms with Crippen molar-refractivity contribution in [3.63, 3.8) is 0 Å². The van der Waals surface area contributed by atoms with Gasteiger partial charge in [0, 0.05) is 0 Å². The van der Waals surface area contributed by atoms with Gasteiger partial charge in [0.25, 0.3) is 0 Å². The van der Waals surface area contributed by atoms with Crippen LogP contribution < -0.4 is 0 Å². The Labute approximate surface area is 128 Å². The third-order valence-electron chi connectivity index (χ3n) is 2.04. The first kappa shape index (κ1) is 21.6. The summed E-state index contributed by atoms with van der Waals surface area (Å²) in [6, 6.07) is 0. The zero-order valence-corrected chi connectivity index (χ0v) is 14.1. The molecule has 134 valence electrons. The van der Waals surface area contributed by atoms with Crippen LogP contribution in [-0.2, 0) is 43.7 Å². The van der Waals surface area contributed by atoms with Crippen molar-refractivity contribution in [2.45, 2.75) is 33.0 Å². The normalized spacial score (nSPS) is 17.2. The van der Waals surface area contributed by atoms with Crippen LogP contribution in [-0.4, -0.2) is 57.7 Å². The fraction of sp³-hybridized carbons (Fsp3) is 1.00. The second-order valence-electron chi connectivity index (χ2n) is 5.09. The monoisotopic (exact) mass is 388 g/mol. The maximum Gasteiger partial charge on any atom is 0.397 e. The highest BCUT2D eigenvalue weighted by molar-refractivity contribution is 7.81. The second kappa shape index (κ2) is 7.02. The molecule has 0 spiro atoms. The minimum Gasteiger partial charge on any atom is -0.264 e. The largest absolute Gasteiger partial charge is 0.397 e. The number of hydrogen-bond donors (Lipinski definition) is 3. The van der Waals surface area contributed by atoms with Crippen molar-refractivity contribution in [2.75, 3.05) is 6.61 Å². The van der Waals surface area contributed by atoms with Crippen LogP contribution in [0.25, 0.3) is 0 Å². The van der Waals surface area contributed by atoms with Crippen molar-refractivity contribution in [1.82, 2.24) is 0 Å².